The fourth-order valence-electron chi connectivity index (χ4n) is 1.14. The van der Waals surface area contributed by atoms with Crippen LogP contribution in [0.2, 0.25) is 0 Å². The summed E-state index contributed by atoms with van der Waals surface area (Å²) in [5, 5.41) is 0. The summed E-state index contributed by atoms with van der Waals surface area (Å²) in [6, 6.07) is 0. The number of rotatable bonds is 4. The molecular formula is C9H21NS2Zn. The topological polar surface area (TPSA) is 26.0 Å². The van der Waals surface area contributed by atoms with E-state index in [0.29, 0.717) is 0 Å². The second-order valence-corrected chi connectivity index (χ2v) is 7.07. The summed E-state index contributed by atoms with van der Waals surface area (Å²) >= 11 is 5.06. The molecule has 0 aliphatic carbocycles. The molecule has 4 heteroatoms. The van der Waals surface area contributed by atoms with Crippen LogP contribution in [-0.4, -0.2) is 15.8 Å². The van der Waals surface area contributed by atoms with E-state index in [4.69, 9.17) is 18.0 Å². The van der Waals surface area contributed by atoms with Gasteiger partial charge in [-0.15, -0.1) is 0 Å². The molecule has 0 saturated carbocycles. The van der Waals surface area contributed by atoms with Crippen LogP contribution in [0, 0.1) is 11.8 Å². The van der Waals surface area contributed by atoms with E-state index in [9.17, 15) is 0 Å². The molecule has 0 aliphatic heterocycles. The molecule has 0 aliphatic rings. The van der Waals surface area contributed by atoms with Crippen LogP contribution in [0.5, 0.6) is 0 Å². The van der Waals surface area contributed by atoms with Crippen molar-refractivity contribution in [2.45, 2.75) is 27.7 Å². The molecule has 0 aromatic heterocycles. The Balaban J connectivity index is 0. The van der Waals surface area contributed by atoms with Crippen LogP contribution >= 0.6 is 23.1 Å². The minimum absolute atomic E-state index is 0. The van der Waals surface area contributed by atoms with E-state index < -0.39 is 0 Å². The van der Waals surface area contributed by atoms with E-state index in [1.165, 1.54) is 11.5 Å². The molecule has 0 spiro atoms. The number of hydrogen-bond donors (Lipinski definition) is 2. The summed E-state index contributed by atoms with van der Waals surface area (Å²) in [6.45, 7) is 8.92. The first-order valence-electron chi connectivity index (χ1n) is 4.47. The van der Waals surface area contributed by atoms with Crippen molar-refractivity contribution in [1.29, 1.82) is 0 Å². The largest absolute Gasteiger partial charge is 0.386 e. The third-order valence-corrected chi connectivity index (χ3v) is 5.22. The van der Waals surface area contributed by atoms with Gasteiger partial charge in [-0.2, -0.15) is 0 Å². The van der Waals surface area contributed by atoms with E-state index >= 15 is 0 Å². The Morgan fingerprint density at radius 1 is 1.15 bits per heavy atom. The minimum Gasteiger partial charge on any atom is -0.386 e. The van der Waals surface area contributed by atoms with Gasteiger partial charge in [0.2, 0.25) is 0 Å². The number of thiocarbonyl (C=S) groups is 1. The second kappa shape index (κ2) is 8.19. The van der Waals surface area contributed by atoms with Gasteiger partial charge in [-0.25, -0.2) is 10.9 Å². The molecule has 2 N–H and O–H groups in total. The zero-order chi connectivity index (χ0) is 9.72. The van der Waals surface area contributed by atoms with E-state index in [2.05, 4.69) is 27.7 Å². The summed E-state index contributed by atoms with van der Waals surface area (Å²) in [4.78, 5) is 0. The van der Waals surface area contributed by atoms with Crippen molar-refractivity contribution in [1.82, 2.24) is 0 Å². The van der Waals surface area contributed by atoms with Gasteiger partial charge in [-0.05, 0) is 23.3 Å². The zero-order valence-corrected chi connectivity index (χ0v) is 13.9. The van der Waals surface area contributed by atoms with Gasteiger partial charge in [-0.3, -0.25) is 0 Å². The quantitative estimate of drug-likeness (QED) is 0.467. The SMILES string of the molecule is CC(C)C[SH](CC(C)C)C(N)=S.[Zn]. The van der Waals surface area contributed by atoms with Gasteiger partial charge in [0.15, 0.2) is 0 Å². The van der Waals surface area contributed by atoms with E-state index in [-0.39, 0.29) is 30.4 Å². The molecular weight excluding hydrogens is 252 g/mol. The van der Waals surface area contributed by atoms with Gasteiger partial charge >= 0.3 is 0 Å². The second-order valence-electron chi connectivity index (χ2n) is 4.03. The monoisotopic (exact) mass is 271 g/mol. The Morgan fingerprint density at radius 3 is 1.62 bits per heavy atom. The van der Waals surface area contributed by atoms with Crippen LogP contribution in [0.4, 0.5) is 0 Å². The maximum Gasteiger partial charge on any atom is 0.111 e. The van der Waals surface area contributed by atoms with Crippen LogP contribution in [0.25, 0.3) is 0 Å². The molecule has 0 rings (SSSR count). The predicted molar refractivity (Wildman–Crippen MR) is 65.2 cm³/mol. The molecule has 0 saturated heterocycles. The maximum absolute atomic E-state index is 5.69. The standard InChI is InChI=1S/C9H21NS2.Zn/c1-7(2)5-12(9(10)11)6-8(3)4;/h7-8,12H,5-6H2,1-4H3,(H2,10,11);. The average molecular weight is 273 g/mol. The first-order valence-corrected chi connectivity index (χ1v) is 6.60. The van der Waals surface area contributed by atoms with Crippen molar-refractivity contribution in [3.8, 4) is 0 Å². The summed E-state index contributed by atoms with van der Waals surface area (Å²) in [6.07, 6.45) is 0. The third-order valence-electron chi connectivity index (χ3n) is 1.48. The molecule has 0 amide bonds. The minimum atomic E-state index is -0.189. The third kappa shape index (κ3) is 9.17. The molecule has 0 aromatic rings. The van der Waals surface area contributed by atoms with Crippen molar-refractivity contribution in [2.75, 3.05) is 11.5 Å². The Bertz CT molecular complexity index is 139. The van der Waals surface area contributed by atoms with Gasteiger partial charge in [0, 0.05) is 19.5 Å². The Kier molecular flexibility index (Phi) is 10.3. The molecule has 0 heterocycles. The molecule has 0 unspecified atom stereocenters. The summed E-state index contributed by atoms with van der Waals surface area (Å²) < 4.78 is 0.757. The molecule has 1 nitrogen and oxygen atoms in total. The fourth-order valence-corrected chi connectivity index (χ4v) is 3.86. The number of nitrogens with two attached hydrogens (primary N) is 1. The van der Waals surface area contributed by atoms with Crippen molar-refractivity contribution in [3.05, 3.63) is 0 Å². The number of thiol groups is 1. The fraction of sp³-hybridized carbons (Fsp3) is 0.889. The molecule has 0 aromatic carbocycles. The molecule has 0 radical (unpaired) electrons. The average Bonchev–Trinajstić information content (AvgIpc) is 1.83. The van der Waals surface area contributed by atoms with E-state index in [1.807, 2.05) is 0 Å². The summed E-state index contributed by atoms with van der Waals surface area (Å²) in [7, 11) is -0.189. The summed E-state index contributed by atoms with van der Waals surface area (Å²) in [5.41, 5.74) is 5.69. The van der Waals surface area contributed by atoms with Crippen LogP contribution < -0.4 is 5.73 Å². The predicted octanol–water partition coefficient (Wildman–Crippen LogP) is 2.54. The van der Waals surface area contributed by atoms with Crippen LogP contribution in [0.15, 0.2) is 0 Å². The molecule has 0 fully saturated rings. The van der Waals surface area contributed by atoms with Gasteiger partial charge in [-0.1, -0.05) is 39.9 Å². The normalized spacial score (nSPS) is 11.4. The van der Waals surface area contributed by atoms with Crippen molar-refractivity contribution in [3.63, 3.8) is 0 Å². The van der Waals surface area contributed by atoms with Crippen LogP contribution in [0.3, 0.4) is 0 Å². The smallest absolute Gasteiger partial charge is 0.111 e. The van der Waals surface area contributed by atoms with Crippen LogP contribution in [0.1, 0.15) is 27.7 Å². The first kappa shape index (κ1) is 16.3. The Morgan fingerprint density at radius 2 is 1.46 bits per heavy atom. The summed E-state index contributed by atoms with van der Waals surface area (Å²) in [5.74, 6) is 3.83. The molecule has 76 valence electrons. The Hall–Kier alpha value is 0.863. The first-order chi connectivity index (χ1) is 5.43. The maximum atomic E-state index is 5.69. The van der Waals surface area contributed by atoms with Gasteiger partial charge in [0.25, 0.3) is 0 Å². The van der Waals surface area contributed by atoms with Crippen molar-refractivity contribution in [2.24, 2.45) is 17.6 Å². The van der Waals surface area contributed by atoms with Gasteiger partial charge in [0.05, 0.1) is 0 Å². The van der Waals surface area contributed by atoms with Crippen molar-refractivity contribution < 1.29 is 19.5 Å². The zero-order valence-electron chi connectivity index (χ0n) is 9.21. The van der Waals surface area contributed by atoms with E-state index in [0.717, 1.165) is 16.2 Å². The molecule has 0 bridgehead atoms. The molecule has 0 atom stereocenters. The van der Waals surface area contributed by atoms with Gasteiger partial charge < -0.3 is 5.73 Å². The Labute approximate surface area is 103 Å². The van der Waals surface area contributed by atoms with Crippen LogP contribution in [-0.2, 0) is 19.5 Å². The molecule has 13 heavy (non-hydrogen) atoms. The number of hydrogen-bond acceptors (Lipinski definition) is 1. The van der Waals surface area contributed by atoms with Crippen molar-refractivity contribution >= 4 is 27.4 Å². The van der Waals surface area contributed by atoms with E-state index in [1.54, 1.807) is 0 Å². The van der Waals surface area contributed by atoms with Gasteiger partial charge in [0.1, 0.15) is 4.32 Å².